The maximum Gasteiger partial charge on any atom is 0.223 e. The summed E-state index contributed by atoms with van der Waals surface area (Å²) in [5.74, 6) is 2.36. The zero-order chi connectivity index (χ0) is 30.9. The van der Waals surface area contributed by atoms with Crippen LogP contribution in [0.1, 0.15) is 5.56 Å². The molecule has 0 unspecified atom stereocenters. The largest absolute Gasteiger partial charge is 0.362 e. The zero-order valence-electron chi connectivity index (χ0n) is 25.4. The van der Waals surface area contributed by atoms with Gasteiger partial charge in [-0.2, -0.15) is 4.98 Å². The van der Waals surface area contributed by atoms with Crippen LogP contribution in [0.2, 0.25) is 0 Å². The Morgan fingerprint density at radius 1 is 0.468 bits per heavy atom. The number of hydrogen-bond acceptors (Lipinski definition) is 3. The number of benzene rings is 6. The molecule has 0 amide bonds. The van der Waals surface area contributed by atoms with Crippen LogP contribution in [0.5, 0.6) is 0 Å². The fourth-order valence-electron chi connectivity index (χ4n) is 7.24. The van der Waals surface area contributed by atoms with Gasteiger partial charge in [-0.1, -0.05) is 103 Å². The summed E-state index contributed by atoms with van der Waals surface area (Å²) in [7, 11) is 0. The van der Waals surface area contributed by atoms with Gasteiger partial charge >= 0.3 is 0 Å². The summed E-state index contributed by atoms with van der Waals surface area (Å²) < 4.78 is 6.89. The van der Waals surface area contributed by atoms with Crippen molar-refractivity contribution >= 4 is 61.0 Å². The number of rotatable bonds is 4. The number of para-hydroxylation sites is 4. The third kappa shape index (κ3) is 3.85. The number of aromatic nitrogens is 4. The van der Waals surface area contributed by atoms with Crippen LogP contribution in [0.3, 0.4) is 0 Å². The fraction of sp³-hybridized carbons (Fsp3) is 0.0244. The molecule has 9 aromatic rings. The molecule has 6 nitrogen and oxygen atoms in total. The minimum atomic E-state index is 0.611. The van der Waals surface area contributed by atoms with Gasteiger partial charge in [-0.25, -0.2) is 4.99 Å². The normalized spacial score (nSPS) is 12.9. The predicted molar refractivity (Wildman–Crippen MR) is 193 cm³/mol. The van der Waals surface area contributed by atoms with Gasteiger partial charge in [0.25, 0.3) is 0 Å². The highest BCUT2D eigenvalue weighted by molar-refractivity contribution is 6.19. The molecule has 0 fully saturated rings. The molecular formula is C41H28N6. The van der Waals surface area contributed by atoms with Crippen molar-refractivity contribution in [3.05, 3.63) is 157 Å². The summed E-state index contributed by atoms with van der Waals surface area (Å²) in [5.41, 5.74) is 8.74. The summed E-state index contributed by atoms with van der Waals surface area (Å²) in [6.07, 6.45) is 0. The van der Waals surface area contributed by atoms with Crippen molar-refractivity contribution in [1.82, 2.24) is 18.7 Å². The van der Waals surface area contributed by atoms with E-state index in [-0.39, 0.29) is 0 Å². The van der Waals surface area contributed by atoms with Gasteiger partial charge in [-0.05, 0) is 54.1 Å². The monoisotopic (exact) mass is 604 g/mol. The summed E-state index contributed by atoms with van der Waals surface area (Å²) in [4.78, 5) is 10.4. The van der Waals surface area contributed by atoms with Gasteiger partial charge in [0.05, 0.1) is 40.0 Å². The van der Waals surface area contributed by atoms with Gasteiger partial charge in [0, 0.05) is 27.2 Å². The maximum absolute atomic E-state index is 5.32. The standard InChI is InChI=1S/C41H28N6/c1-4-14-27(15-5-1)34-26-42-40-39(43-34)44-41(46(40)29-18-8-3-9-19-29)47-36-23-13-11-21-31(36)33-24-32-30-20-10-12-22-35(30)45(37(32)25-38(33)47)28-16-6-2-7-17-28/h1-25,42H,26H2. The molecule has 222 valence electrons. The van der Waals surface area contributed by atoms with Crippen LogP contribution in [0.25, 0.3) is 60.9 Å². The first-order chi connectivity index (χ1) is 23.3. The number of aliphatic imine (C=N–C) groups is 1. The molecule has 0 saturated heterocycles. The third-order valence-corrected chi connectivity index (χ3v) is 9.31. The number of hydrogen-bond donors (Lipinski definition) is 1. The smallest absolute Gasteiger partial charge is 0.223 e. The maximum atomic E-state index is 5.32. The Morgan fingerprint density at radius 2 is 1.00 bits per heavy atom. The molecular weight excluding hydrogens is 576 g/mol. The highest BCUT2D eigenvalue weighted by atomic mass is 15.3. The number of anilines is 1. The van der Waals surface area contributed by atoms with Crippen molar-refractivity contribution < 1.29 is 0 Å². The number of nitrogens with zero attached hydrogens (tertiary/aromatic N) is 5. The Hall–Kier alpha value is -6.40. The lowest BCUT2D eigenvalue weighted by Crippen LogP contribution is -2.20. The Morgan fingerprint density at radius 3 is 1.66 bits per heavy atom. The van der Waals surface area contributed by atoms with Crippen LogP contribution in [0.15, 0.2) is 157 Å². The van der Waals surface area contributed by atoms with Crippen molar-refractivity contribution in [2.75, 3.05) is 11.9 Å². The zero-order valence-corrected chi connectivity index (χ0v) is 25.4. The van der Waals surface area contributed by atoms with Crippen molar-refractivity contribution in [2.24, 2.45) is 4.99 Å². The van der Waals surface area contributed by atoms with Crippen LogP contribution in [-0.2, 0) is 0 Å². The van der Waals surface area contributed by atoms with Crippen molar-refractivity contribution in [1.29, 1.82) is 0 Å². The fourth-order valence-corrected chi connectivity index (χ4v) is 7.24. The average molecular weight is 605 g/mol. The van der Waals surface area contributed by atoms with Gasteiger partial charge in [-0.15, -0.1) is 0 Å². The van der Waals surface area contributed by atoms with Crippen LogP contribution in [-0.4, -0.2) is 30.9 Å². The Labute approximate surface area is 270 Å². The molecule has 3 aromatic heterocycles. The SMILES string of the molecule is c1ccc(C2=Nc3nc(-n4c5ccccc5c5cc6c7ccccc7n(-c7ccccc7)c6cc54)n(-c4ccccc4)c3NC2)cc1. The third-order valence-electron chi connectivity index (χ3n) is 9.31. The summed E-state index contributed by atoms with van der Waals surface area (Å²) in [6.45, 7) is 0.611. The van der Waals surface area contributed by atoms with E-state index in [2.05, 4.69) is 159 Å². The minimum absolute atomic E-state index is 0.611. The molecule has 10 rings (SSSR count). The molecule has 6 heteroatoms. The van der Waals surface area contributed by atoms with Crippen LogP contribution in [0, 0.1) is 0 Å². The molecule has 0 bridgehead atoms. The second-order valence-electron chi connectivity index (χ2n) is 12.0. The lowest BCUT2D eigenvalue weighted by Gasteiger charge is -2.18. The molecule has 4 heterocycles. The van der Waals surface area contributed by atoms with Crippen molar-refractivity contribution in [3.63, 3.8) is 0 Å². The van der Waals surface area contributed by atoms with Crippen molar-refractivity contribution in [3.8, 4) is 17.3 Å². The lowest BCUT2D eigenvalue weighted by atomic mass is 10.1. The summed E-state index contributed by atoms with van der Waals surface area (Å²) in [6, 6.07) is 53.4. The van der Waals surface area contributed by atoms with E-state index in [1.807, 2.05) is 12.1 Å². The van der Waals surface area contributed by atoms with E-state index in [9.17, 15) is 0 Å². The van der Waals surface area contributed by atoms with Crippen LogP contribution >= 0.6 is 0 Å². The minimum Gasteiger partial charge on any atom is -0.362 e. The van der Waals surface area contributed by atoms with E-state index in [1.54, 1.807) is 0 Å². The predicted octanol–water partition coefficient (Wildman–Crippen LogP) is 9.61. The number of nitrogens with one attached hydrogen (secondary N) is 1. The highest BCUT2D eigenvalue weighted by Crippen LogP contribution is 2.42. The Bertz CT molecular complexity index is 2660. The first-order valence-electron chi connectivity index (χ1n) is 15.9. The molecule has 47 heavy (non-hydrogen) atoms. The van der Waals surface area contributed by atoms with E-state index < -0.39 is 0 Å². The van der Waals surface area contributed by atoms with E-state index >= 15 is 0 Å². The van der Waals surface area contributed by atoms with E-state index in [0.717, 1.165) is 51.0 Å². The van der Waals surface area contributed by atoms with Gasteiger partial charge < -0.3 is 9.88 Å². The van der Waals surface area contributed by atoms with Gasteiger partial charge in [0.15, 0.2) is 11.6 Å². The average Bonchev–Trinajstić information content (AvgIpc) is 3.78. The second-order valence-corrected chi connectivity index (χ2v) is 12.0. The number of imidazole rings is 1. The summed E-state index contributed by atoms with van der Waals surface area (Å²) >= 11 is 0. The molecule has 1 aliphatic rings. The molecule has 0 atom stereocenters. The molecule has 0 aliphatic carbocycles. The summed E-state index contributed by atoms with van der Waals surface area (Å²) in [5, 5.41) is 8.52. The van der Waals surface area contributed by atoms with Gasteiger partial charge in [-0.3, -0.25) is 9.13 Å². The quantitative estimate of drug-likeness (QED) is 0.217. The molecule has 6 aromatic carbocycles. The Balaban J connectivity index is 1.32. The molecule has 0 radical (unpaired) electrons. The second kappa shape index (κ2) is 10.1. The van der Waals surface area contributed by atoms with Crippen LogP contribution < -0.4 is 5.32 Å². The number of fused-ring (bicyclic) bond motifs is 7. The van der Waals surface area contributed by atoms with Gasteiger partial charge in [0.1, 0.15) is 0 Å². The lowest BCUT2D eigenvalue weighted by molar-refractivity contribution is 0.938. The molecule has 1 N–H and O–H groups in total. The molecule has 0 saturated carbocycles. The highest BCUT2D eigenvalue weighted by Gasteiger charge is 2.27. The topological polar surface area (TPSA) is 52.1 Å². The van der Waals surface area contributed by atoms with Gasteiger partial charge in [0.2, 0.25) is 5.95 Å². The van der Waals surface area contributed by atoms with Crippen LogP contribution in [0.4, 0.5) is 11.6 Å². The Kier molecular flexibility index (Phi) is 5.54. The first kappa shape index (κ1) is 25.9. The molecule has 0 spiro atoms. The van der Waals surface area contributed by atoms with E-state index in [4.69, 9.17) is 9.98 Å². The first-order valence-corrected chi connectivity index (χ1v) is 15.9. The van der Waals surface area contributed by atoms with E-state index in [0.29, 0.717) is 12.4 Å². The van der Waals surface area contributed by atoms with E-state index in [1.165, 1.54) is 27.1 Å². The molecule has 1 aliphatic heterocycles. The van der Waals surface area contributed by atoms with Crippen molar-refractivity contribution in [2.45, 2.75) is 0 Å².